The molecule has 9 heteroatoms. The topological polar surface area (TPSA) is 106 Å². The lowest BCUT2D eigenvalue weighted by molar-refractivity contribution is -0.384. The van der Waals surface area contributed by atoms with Crippen LogP contribution in [0.2, 0.25) is 0 Å². The molecule has 0 spiro atoms. The fourth-order valence-corrected chi connectivity index (χ4v) is 3.43. The van der Waals surface area contributed by atoms with E-state index in [0.29, 0.717) is 12.5 Å². The number of nitrogens with zero attached hydrogens (tertiary/aromatic N) is 5. The van der Waals surface area contributed by atoms with E-state index in [0.717, 1.165) is 13.1 Å². The van der Waals surface area contributed by atoms with Crippen LogP contribution >= 0.6 is 0 Å². The number of carbonyl (C=O) groups is 1. The summed E-state index contributed by atoms with van der Waals surface area (Å²) in [5, 5.41) is 18.2. The SMILES string of the molecule is CC1CCCN(C(C)CNC(=O)c2ccc(-n3cncn3)c([N+](=O)[O-])c2)C1. The van der Waals surface area contributed by atoms with Crippen LogP contribution < -0.4 is 5.32 Å². The van der Waals surface area contributed by atoms with E-state index in [1.54, 1.807) is 6.07 Å². The minimum atomic E-state index is -0.522. The molecule has 1 amide bonds. The molecule has 0 aliphatic carbocycles. The van der Waals surface area contributed by atoms with Crippen molar-refractivity contribution < 1.29 is 9.72 Å². The fraction of sp³-hybridized carbons (Fsp3) is 0.500. The molecule has 3 rings (SSSR count). The Bertz CT molecular complexity index is 807. The normalized spacial score (nSPS) is 18.8. The minimum Gasteiger partial charge on any atom is -0.350 e. The average Bonchev–Trinajstić information content (AvgIpc) is 3.19. The van der Waals surface area contributed by atoms with Gasteiger partial charge in [0.15, 0.2) is 0 Å². The molecule has 1 aromatic heterocycles. The van der Waals surface area contributed by atoms with E-state index < -0.39 is 4.92 Å². The van der Waals surface area contributed by atoms with E-state index in [1.807, 2.05) is 0 Å². The molecule has 2 aromatic rings. The minimum absolute atomic E-state index is 0.189. The Morgan fingerprint density at radius 2 is 2.30 bits per heavy atom. The van der Waals surface area contributed by atoms with Crippen LogP contribution in [0.15, 0.2) is 30.9 Å². The maximum Gasteiger partial charge on any atom is 0.295 e. The van der Waals surface area contributed by atoms with Crippen molar-refractivity contribution in [3.05, 3.63) is 46.5 Å². The van der Waals surface area contributed by atoms with Crippen LogP contribution in [0.1, 0.15) is 37.0 Å². The number of piperidine rings is 1. The van der Waals surface area contributed by atoms with Crippen molar-refractivity contribution in [2.45, 2.75) is 32.7 Å². The first kappa shape index (κ1) is 19.0. The number of benzene rings is 1. The zero-order valence-electron chi connectivity index (χ0n) is 15.5. The quantitative estimate of drug-likeness (QED) is 0.614. The Labute approximate surface area is 157 Å². The van der Waals surface area contributed by atoms with Gasteiger partial charge in [0.25, 0.3) is 11.6 Å². The first-order chi connectivity index (χ1) is 13.0. The van der Waals surface area contributed by atoms with Crippen LogP contribution in [0.4, 0.5) is 5.69 Å². The Balaban J connectivity index is 1.68. The first-order valence-electron chi connectivity index (χ1n) is 9.11. The van der Waals surface area contributed by atoms with E-state index in [2.05, 4.69) is 34.1 Å². The number of nitro groups is 1. The third-order valence-electron chi connectivity index (χ3n) is 4.97. The molecule has 27 heavy (non-hydrogen) atoms. The van der Waals surface area contributed by atoms with E-state index in [1.165, 1.54) is 42.3 Å². The van der Waals surface area contributed by atoms with Gasteiger partial charge in [-0.15, -0.1) is 0 Å². The highest BCUT2D eigenvalue weighted by Crippen LogP contribution is 2.23. The summed E-state index contributed by atoms with van der Waals surface area (Å²) < 4.78 is 1.30. The summed E-state index contributed by atoms with van der Waals surface area (Å²) in [6.07, 6.45) is 5.10. The predicted molar refractivity (Wildman–Crippen MR) is 99.8 cm³/mol. The molecule has 0 saturated carbocycles. The van der Waals surface area contributed by atoms with E-state index in [4.69, 9.17) is 0 Å². The molecule has 1 N–H and O–H groups in total. The van der Waals surface area contributed by atoms with Crippen molar-refractivity contribution in [1.82, 2.24) is 25.0 Å². The summed E-state index contributed by atoms with van der Waals surface area (Å²) >= 11 is 0. The molecule has 0 bridgehead atoms. The number of aromatic nitrogens is 3. The number of hydrogen-bond donors (Lipinski definition) is 1. The van der Waals surface area contributed by atoms with Crippen molar-refractivity contribution in [3.63, 3.8) is 0 Å². The molecular weight excluding hydrogens is 348 g/mol. The molecule has 2 unspecified atom stereocenters. The monoisotopic (exact) mass is 372 g/mol. The smallest absolute Gasteiger partial charge is 0.295 e. The van der Waals surface area contributed by atoms with Gasteiger partial charge < -0.3 is 5.32 Å². The lowest BCUT2D eigenvalue weighted by Gasteiger charge is -2.35. The highest BCUT2D eigenvalue weighted by Gasteiger charge is 2.23. The van der Waals surface area contributed by atoms with E-state index >= 15 is 0 Å². The van der Waals surface area contributed by atoms with E-state index in [-0.39, 0.29) is 28.9 Å². The molecule has 1 saturated heterocycles. The highest BCUT2D eigenvalue weighted by molar-refractivity contribution is 5.95. The summed E-state index contributed by atoms with van der Waals surface area (Å²) in [6.45, 7) is 6.92. The van der Waals surface area contributed by atoms with Crippen LogP contribution in [-0.4, -0.2) is 56.2 Å². The molecule has 1 aliphatic rings. The van der Waals surface area contributed by atoms with Crippen LogP contribution in [0.5, 0.6) is 0 Å². The second-order valence-electron chi connectivity index (χ2n) is 7.10. The van der Waals surface area contributed by atoms with Crippen LogP contribution in [0, 0.1) is 16.0 Å². The zero-order valence-corrected chi connectivity index (χ0v) is 15.5. The summed E-state index contributed by atoms with van der Waals surface area (Å²) in [4.78, 5) is 29.5. The number of rotatable bonds is 6. The molecule has 9 nitrogen and oxygen atoms in total. The molecule has 1 aliphatic heterocycles. The summed E-state index contributed by atoms with van der Waals surface area (Å²) in [7, 11) is 0. The molecule has 1 fully saturated rings. The molecule has 2 heterocycles. The Kier molecular flexibility index (Phi) is 5.80. The van der Waals surface area contributed by atoms with Crippen LogP contribution in [0.3, 0.4) is 0 Å². The maximum absolute atomic E-state index is 12.5. The third kappa shape index (κ3) is 4.48. The van der Waals surface area contributed by atoms with Crippen molar-refractivity contribution in [1.29, 1.82) is 0 Å². The molecule has 2 atom stereocenters. The maximum atomic E-state index is 12.5. The summed E-state index contributed by atoms with van der Waals surface area (Å²) in [6, 6.07) is 4.57. The largest absolute Gasteiger partial charge is 0.350 e. The van der Waals surface area contributed by atoms with Gasteiger partial charge in [-0.3, -0.25) is 19.8 Å². The summed E-state index contributed by atoms with van der Waals surface area (Å²) in [5.74, 6) is 0.351. The van der Waals surface area contributed by atoms with Crippen LogP contribution in [0.25, 0.3) is 5.69 Å². The van der Waals surface area contributed by atoms with Gasteiger partial charge in [-0.25, -0.2) is 9.67 Å². The number of nitro benzene ring substituents is 1. The van der Waals surface area contributed by atoms with E-state index in [9.17, 15) is 14.9 Å². The van der Waals surface area contributed by atoms with Gasteiger partial charge in [0.1, 0.15) is 18.3 Å². The summed E-state index contributed by atoms with van der Waals surface area (Å²) in [5.41, 5.74) is 0.334. The van der Waals surface area contributed by atoms with Gasteiger partial charge in [0.05, 0.1) is 4.92 Å². The molecular formula is C18H24N6O3. The second kappa shape index (κ2) is 8.26. The average molecular weight is 372 g/mol. The first-order valence-corrected chi connectivity index (χ1v) is 9.11. The highest BCUT2D eigenvalue weighted by atomic mass is 16.6. The van der Waals surface area contributed by atoms with Gasteiger partial charge in [-0.1, -0.05) is 6.92 Å². The lowest BCUT2D eigenvalue weighted by Crippen LogP contribution is -2.46. The Hall–Kier alpha value is -2.81. The molecule has 1 aromatic carbocycles. The third-order valence-corrected chi connectivity index (χ3v) is 4.97. The zero-order chi connectivity index (χ0) is 19.4. The van der Waals surface area contributed by atoms with Crippen molar-refractivity contribution in [3.8, 4) is 5.69 Å². The second-order valence-corrected chi connectivity index (χ2v) is 7.10. The van der Waals surface area contributed by atoms with Gasteiger partial charge in [-0.2, -0.15) is 5.10 Å². The van der Waals surface area contributed by atoms with Gasteiger partial charge in [0, 0.05) is 30.8 Å². The predicted octanol–water partition coefficient (Wildman–Crippen LogP) is 2.03. The van der Waals surface area contributed by atoms with Gasteiger partial charge in [0.2, 0.25) is 0 Å². The Morgan fingerprint density at radius 1 is 1.48 bits per heavy atom. The van der Waals surface area contributed by atoms with Gasteiger partial charge in [-0.05, 0) is 44.4 Å². The van der Waals surface area contributed by atoms with Crippen LogP contribution in [-0.2, 0) is 0 Å². The molecule has 0 radical (unpaired) electrons. The van der Waals surface area contributed by atoms with Gasteiger partial charge >= 0.3 is 0 Å². The number of amides is 1. The van der Waals surface area contributed by atoms with Crippen molar-refractivity contribution >= 4 is 11.6 Å². The fourth-order valence-electron chi connectivity index (χ4n) is 3.43. The standard InChI is InChI=1S/C18H24N6O3/c1-13-4-3-7-22(10-13)14(2)9-20-18(25)15-5-6-16(17(8-15)24(26)27)23-12-19-11-21-23/h5-6,8,11-14H,3-4,7,9-10H2,1-2H3,(H,20,25). The lowest BCUT2D eigenvalue weighted by atomic mass is 9.99. The molecule has 144 valence electrons. The van der Waals surface area contributed by atoms with Crippen molar-refractivity contribution in [2.75, 3.05) is 19.6 Å². The Morgan fingerprint density at radius 3 is 2.96 bits per heavy atom. The van der Waals surface area contributed by atoms with Crippen molar-refractivity contribution in [2.24, 2.45) is 5.92 Å². The number of carbonyl (C=O) groups excluding carboxylic acids is 1. The number of nitrogens with one attached hydrogen (secondary N) is 1. The number of hydrogen-bond acceptors (Lipinski definition) is 6. The number of likely N-dealkylation sites (tertiary alicyclic amines) is 1.